The normalized spacial score (nSPS) is 13.6. The number of aryl methyl sites for hydroxylation is 1. The maximum Gasteiger partial charge on any atom is 0.351 e. The highest BCUT2D eigenvalue weighted by molar-refractivity contribution is 7.72. The number of hydrogen-bond donors (Lipinski definition) is 1. The summed E-state index contributed by atoms with van der Waals surface area (Å²) in [6, 6.07) is 7.98. The van der Waals surface area contributed by atoms with Crippen LogP contribution in [0.25, 0.3) is 0 Å². The van der Waals surface area contributed by atoms with Crippen molar-refractivity contribution < 1.29 is 65.4 Å². The first-order valence-corrected chi connectivity index (χ1v) is 22.7. The maximum absolute atomic E-state index is 15.0. The molecule has 0 heterocycles. The van der Waals surface area contributed by atoms with Gasteiger partial charge >= 0.3 is 39.1 Å². The van der Waals surface area contributed by atoms with Crippen LogP contribution in [0.1, 0.15) is 122 Å². The highest BCUT2D eigenvalue weighted by Gasteiger charge is 2.52. The first kappa shape index (κ1) is 53.7. The molecule has 336 valence electrons. The molecule has 0 unspecified atom stereocenters. The van der Waals surface area contributed by atoms with Crippen molar-refractivity contribution in [2.75, 3.05) is 39.0 Å². The van der Waals surface area contributed by atoms with Gasteiger partial charge in [-0.05, 0) is 135 Å². The van der Waals surface area contributed by atoms with Crippen molar-refractivity contribution in [3.8, 4) is 0 Å². The Bertz CT molecular complexity index is 1570. The van der Waals surface area contributed by atoms with Crippen LogP contribution in [0.2, 0.25) is 0 Å². The molecule has 17 heteroatoms. The van der Waals surface area contributed by atoms with Crippen molar-refractivity contribution in [2.24, 2.45) is 21.7 Å². The first-order chi connectivity index (χ1) is 26.9. The lowest BCUT2D eigenvalue weighted by Crippen LogP contribution is -2.28. The monoisotopic (exact) mass is 873 g/mol. The fourth-order valence-corrected chi connectivity index (χ4v) is 8.91. The van der Waals surface area contributed by atoms with Gasteiger partial charge in [0.1, 0.15) is 0 Å². The molecule has 0 saturated carbocycles. The summed E-state index contributed by atoms with van der Waals surface area (Å²) in [7, 11) is -9.83. The highest BCUT2D eigenvalue weighted by atomic mass is 31.2. The van der Waals surface area contributed by atoms with E-state index in [1.165, 1.54) is 0 Å². The number of carbonyl (C=O) groups excluding carboxylic acids is 4. The quantitative estimate of drug-likeness (QED) is 0.0381. The van der Waals surface area contributed by atoms with E-state index >= 15 is 9.13 Å². The summed E-state index contributed by atoms with van der Waals surface area (Å²) in [5, 5.41) is 1.55. The molecule has 1 rings (SSSR count). The number of ether oxygens (including phenoxy) is 4. The van der Waals surface area contributed by atoms with Crippen LogP contribution in [0.15, 0.2) is 47.6 Å². The molecule has 0 spiro atoms. The minimum atomic E-state index is -4.91. The summed E-state index contributed by atoms with van der Waals surface area (Å²) < 4.78 is 73.7. The summed E-state index contributed by atoms with van der Waals surface area (Å²) in [6.45, 7) is 21.9. The zero-order chi connectivity index (χ0) is 45.5. The number of nitrogens with one attached hydrogen (secondary N) is 1. The largest absolute Gasteiger partial charge is 0.438 e. The first-order valence-electron chi connectivity index (χ1n) is 19.5. The molecular formula is C42H69NO14P2. The second-order valence-corrected chi connectivity index (χ2v) is 23.2. The smallest absolute Gasteiger partial charge is 0.351 e. The third-order valence-corrected chi connectivity index (χ3v) is 13.7. The Morgan fingerprint density at radius 1 is 0.593 bits per heavy atom. The number of benzene rings is 1. The summed E-state index contributed by atoms with van der Waals surface area (Å²) in [5.41, 5.74) is 0.129. The zero-order valence-electron chi connectivity index (χ0n) is 37.8. The highest BCUT2D eigenvalue weighted by Crippen LogP contribution is 2.71. The van der Waals surface area contributed by atoms with Gasteiger partial charge in [-0.2, -0.15) is 0 Å². The molecule has 0 bridgehead atoms. The lowest BCUT2D eigenvalue weighted by Gasteiger charge is -2.31. The van der Waals surface area contributed by atoms with E-state index in [4.69, 9.17) is 37.0 Å². The Morgan fingerprint density at radius 3 is 1.29 bits per heavy atom. The van der Waals surface area contributed by atoms with Crippen LogP contribution in [0.3, 0.4) is 0 Å². The van der Waals surface area contributed by atoms with Crippen molar-refractivity contribution in [3.63, 3.8) is 0 Å². The average molecular weight is 874 g/mol. The van der Waals surface area contributed by atoms with E-state index in [1.54, 1.807) is 89.2 Å². The molecule has 0 aliphatic carbocycles. The van der Waals surface area contributed by atoms with E-state index in [0.29, 0.717) is 19.4 Å². The van der Waals surface area contributed by atoms with E-state index in [9.17, 15) is 19.2 Å². The van der Waals surface area contributed by atoms with E-state index in [2.05, 4.69) is 11.4 Å². The lowest BCUT2D eigenvalue weighted by atomic mass is 9.98. The molecular weight excluding hydrogens is 804 g/mol. The number of allylic oxidation sites excluding steroid dienone is 3. The molecule has 0 aromatic heterocycles. The summed E-state index contributed by atoms with van der Waals surface area (Å²) in [5.74, 6) is -2.86. The van der Waals surface area contributed by atoms with Crippen molar-refractivity contribution >= 4 is 44.8 Å². The summed E-state index contributed by atoms with van der Waals surface area (Å²) in [4.78, 5) is 50.7. The van der Waals surface area contributed by atoms with Gasteiger partial charge in [0.25, 0.3) is 0 Å². The molecule has 0 fully saturated rings. The number of rotatable bonds is 22. The van der Waals surface area contributed by atoms with Gasteiger partial charge in [-0.15, -0.1) is 0 Å². The number of esters is 4. The molecule has 59 heavy (non-hydrogen) atoms. The van der Waals surface area contributed by atoms with Gasteiger partial charge in [0.05, 0.1) is 21.7 Å². The molecule has 0 atom stereocenters. The molecule has 0 aliphatic rings. The van der Waals surface area contributed by atoms with Gasteiger partial charge in [-0.25, -0.2) is 0 Å². The molecule has 0 radical (unpaired) electrons. The van der Waals surface area contributed by atoms with Gasteiger partial charge in [0.15, 0.2) is 5.40 Å². The molecule has 0 amide bonds. The van der Waals surface area contributed by atoms with E-state index < -0.39 is 93.3 Å². The topological polar surface area (TPSA) is 188 Å². The minimum Gasteiger partial charge on any atom is -0.438 e. The summed E-state index contributed by atoms with van der Waals surface area (Å²) >= 11 is 0. The van der Waals surface area contributed by atoms with Crippen molar-refractivity contribution in [1.82, 2.24) is 0 Å². The molecule has 1 aromatic rings. The second-order valence-electron chi connectivity index (χ2n) is 18.3. The van der Waals surface area contributed by atoms with Crippen LogP contribution in [-0.2, 0) is 65.4 Å². The number of hydrogen-bond acceptors (Lipinski definition) is 15. The molecule has 0 saturated heterocycles. The predicted molar refractivity (Wildman–Crippen MR) is 226 cm³/mol. The number of para-hydroxylation sites is 1. The summed E-state index contributed by atoms with van der Waals surface area (Å²) in [6.07, 6.45) is 4.52. The van der Waals surface area contributed by atoms with E-state index in [1.807, 2.05) is 45.0 Å². The van der Waals surface area contributed by atoms with Crippen LogP contribution in [-0.4, -0.2) is 63.0 Å². The van der Waals surface area contributed by atoms with Crippen LogP contribution < -0.4 is 5.32 Å². The Hall–Kier alpha value is -3.32. The van der Waals surface area contributed by atoms with Gasteiger partial charge < -0.3 is 24.3 Å². The van der Waals surface area contributed by atoms with Gasteiger partial charge in [0, 0.05) is 12.2 Å². The third-order valence-electron chi connectivity index (χ3n) is 8.28. The number of carbonyl (C=O) groups is 4. The lowest BCUT2D eigenvalue weighted by molar-refractivity contribution is -0.163. The Kier molecular flexibility index (Phi) is 21.0. The molecule has 1 aromatic carbocycles. The molecule has 15 nitrogen and oxygen atoms in total. The van der Waals surface area contributed by atoms with Gasteiger partial charge in [0.2, 0.25) is 27.2 Å². The van der Waals surface area contributed by atoms with Crippen molar-refractivity contribution in [3.05, 3.63) is 53.1 Å². The maximum atomic E-state index is 15.0. The number of anilines is 1. The van der Waals surface area contributed by atoms with Crippen LogP contribution in [0, 0.1) is 28.6 Å². The van der Waals surface area contributed by atoms with Crippen LogP contribution in [0.5, 0.6) is 0 Å². The standard InChI is InChI=1S/C42H69NO14P2/c1-30(19-18-20-31(2)25-43-33-22-17-16-21-32(33)3)23-24-34(58(48,54-26-50-35(44)39(4,5)6)55-27-51-36(45)40(7,8)9)59(49,56-28-52-37(46)41(10,11)12)57-29-53-38(47)42(13,14)15/h16-17,20-23,34,43H,18-19,24-29H2,1-15H3/b30-23+,31-20+. The van der Waals surface area contributed by atoms with Crippen molar-refractivity contribution in [1.29, 1.82) is 0 Å². The average Bonchev–Trinajstić information content (AvgIpc) is 3.09. The Labute approximate surface area is 351 Å². The molecule has 0 aliphatic heterocycles. The SMILES string of the molecule is C/C(=C\CC(P(=O)(OCOC(=O)C(C)(C)C)OCOC(=O)C(C)(C)C)P(=O)(OCOC(=O)C(C)(C)C)OCOC(=O)C(C)(C)C)CC/C=C(\C)CNc1ccccc1C. The van der Waals surface area contributed by atoms with E-state index in [-0.39, 0.29) is 6.42 Å². The Morgan fingerprint density at radius 2 is 0.949 bits per heavy atom. The predicted octanol–water partition coefficient (Wildman–Crippen LogP) is 10.4. The second kappa shape index (κ2) is 23.0. The van der Waals surface area contributed by atoms with Crippen LogP contribution in [0.4, 0.5) is 5.69 Å². The minimum absolute atomic E-state index is 0.362. The fourth-order valence-electron chi connectivity index (χ4n) is 4.36. The Balaban J connectivity index is 3.68. The molecule has 1 N–H and O–H groups in total. The fraction of sp³-hybridized carbons (Fsp3) is 0.667. The van der Waals surface area contributed by atoms with Gasteiger partial charge in [-0.3, -0.25) is 46.4 Å². The zero-order valence-corrected chi connectivity index (χ0v) is 39.6. The van der Waals surface area contributed by atoms with E-state index in [0.717, 1.165) is 22.4 Å². The third kappa shape index (κ3) is 19.7. The van der Waals surface area contributed by atoms with Gasteiger partial charge in [-0.1, -0.05) is 41.5 Å². The van der Waals surface area contributed by atoms with Crippen LogP contribution >= 0.6 is 15.2 Å². The van der Waals surface area contributed by atoms with Crippen molar-refractivity contribution in [2.45, 2.75) is 129 Å².